The van der Waals surface area contributed by atoms with E-state index in [0.29, 0.717) is 19.6 Å². The fourth-order valence-corrected chi connectivity index (χ4v) is 8.64. The third-order valence-electron chi connectivity index (χ3n) is 3.06. The zero-order valence-corrected chi connectivity index (χ0v) is 20.6. The standard InChI is InChI=1S/C17H40O4Si3/c1-15(2)10-11-16(18)14-19-12-9-13-22-17(20-23(3,4)5)21-24(6,7)8/h10,16-18H,9,11-14,22H2,1-8H3. The van der Waals surface area contributed by atoms with Crippen LogP contribution in [-0.2, 0) is 13.6 Å². The first-order chi connectivity index (χ1) is 10.9. The zero-order chi connectivity index (χ0) is 18.8. The molecule has 0 saturated heterocycles. The molecule has 0 fully saturated rings. The molecule has 0 spiro atoms. The number of hydrogen-bond acceptors (Lipinski definition) is 4. The average Bonchev–Trinajstić information content (AvgIpc) is 2.36. The van der Waals surface area contributed by atoms with E-state index in [2.05, 4.69) is 39.3 Å². The minimum absolute atomic E-state index is 0.0617. The molecular weight excluding hydrogens is 352 g/mol. The Morgan fingerprint density at radius 3 is 2.04 bits per heavy atom. The van der Waals surface area contributed by atoms with Crippen molar-refractivity contribution in [1.82, 2.24) is 0 Å². The van der Waals surface area contributed by atoms with Gasteiger partial charge in [0.15, 0.2) is 16.6 Å². The van der Waals surface area contributed by atoms with Crippen molar-refractivity contribution in [2.45, 2.75) is 84.0 Å². The molecule has 0 aliphatic carbocycles. The van der Waals surface area contributed by atoms with Crippen molar-refractivity contribution in [2.75, 3.05) is 13.2 Å². The van der Waals surface area contributed by atoms with E-state index < -0.39 is 32.3 Å². The smallest absolute Gasteiger partial charge is 0.186 e. The van der Waals surface area contributed by atoms with Crippen LogP contribution in [0.5, 0.6) is 0 Å². The first-order valence-electron chi connectivity index (χ1n) is 9.14. The van der Waals surface area contributed by atoms with Crippen molar-refractivity contribution >= 4 is 26.2 Å². The Labute approximate surface area is 154 Å². The lowest BCUT2D eigenvalue weighted by molar-refractivity contribution is 0.0377. The van der Waals surface area contributed by atoms with E-state index in [4.69, 9.17) is 13.6 Å². The van der Waals surface area contributed by atoms with Crippen molar-refractivity contribution in [2.24, 2.45) is 0 Å². The maximum Gasteiger partial charge on any atom is 0.186 e. The van der Waals surface area contributed by atoms with Crippen LogP contribution in [0.15, 0.2) is 11.6 Å². The van der Waals surface area contributed by atoms with Gasteiger partial charge in [0.25, 0.3) is 0 Å². The summed E-state index contributed by atoms with van der Waals surface area (Å²) in [5.41, 5.74) is 1.23. The Balaban J connectivity index is 3.97. The molecule has 0 aromatic heterocycles. The van der Waals surface area contributed by atoms with Crippen molar-refractivity contribution < 1.29 is 18.7 Å². The van der Waals surface area contributed by atoms with E-state index in [9.17, 15) is 5.11 Å². The number of ether oxygens (including phenoxy) is 1. The quantitative estimate of drug-likeness (QED) is 0.225. The van der Waals surface area contributed by atoms with Crippen LogP contribution in [0.2, 0.25) is 45.3 Å². The summed E-state index contributed by atoms with van der Waals surface area (Å²) >= 11 is 0. The van der Waals surface area contributed by atoms with E-state index in [1.165, 1.54) is 5.57 Å². The highest BCUT2D eigenvalue weighted by Gasteiger charge is 2.26. The van der Waals surface area contributed by atoms with Crippen LogP contribution >= 0.6 is 0 Å². The van der Waals surface area contributed by atoms with Gasteiger partial charge >= 0.3 is 0 Å². The third-order valence-corrected chi connectivity index (χ3v) is 7.38. The van der Waals surface area contributed by atoms with Gasteiger partial charge in [0.05, 0.1) is 22.2 Å². The molecule has 0 aromatic rings. The van der Waals surface area contributed by atoms with Gasteiger partial charge in [-0.15, -0.1) is 0 Å². The molecule has 1 atom stereocenters. The molecule has 1 unspecified atom stereocenters. The molecule has 0 rings (SSSR count). The van der Waals surface area contributed by atoms with E-state index in [-0.39, 0.29) is 5.91 Å². The second-order valence-electron chi connectivity index (χ2n) is 8.63. The molecule has 24 heavy (non-hydrogen) atoms. The summed E-state index contributed by atoms with van der Waals surface area (Å²) in [7, 11) is -3.56. The van der Waals surface area contributed by atoms with Crippen molar-refractivity contribution in [3.05, 3.63) is 11.6 Å². The van der Waals surface area contributed by atoms with Gasteiger partial charge in [-0.2, -0.15) is 0 Å². The van der Waals surface area contributed by atoms with E-state index >= 15 is 0 Å². The normalized spacial score (nSPS) is 14.6. The molecule has 0 bridgehead atoms. The predicted octanol–water partition coefficient (Wildman–Crippen LogP) is 3.68. The van der Waals surface area contributed by atoms with Gasteiger partial charge in [-0.3, -0.25) is 0 Å². The lowest BCUT2D eigenvalue weighted by Gasteiger charge is -2.31. The topological polar surface area (TPSA) is 47.9 Å². The first-order valence-corrected chi connectivity index (χ1v) is 17.8. The number of hydrogen-bond donors (Lipinski definition) is 1. The summed E-state index contributed by atoms with van der Waals surface area (Å²) in [5, 5.41) is 9.81. The van der Waals surface area contributed by atoms with Crippen molar-refractivity contribution in [3.8, 4) is 0 Å². The molecule has 1 N–H and O–H groups in total. The molecule has 0 aromatic carbocycles. The van der Waals surface area contributed by atoms with Crippen LogP contribution in [-0.4, -0.2) is 56.5 Å². The largest absolute Gasteiger partial charge is 0.398 e. The lowest BCUT2D eigenvalue weighted by atomic mass is 10.2. The number of allylic oxidation sites excluding steroid dienone is 1. The molecule has 0 amide bonds. The lowest BCUT2D eigenvalue weighted by Crippen LogP contribution is -2.43. The summed E-state index contributed by atoms with van der Waals surface area (Å²) in [6.45, 7) is 18.5. The summed E-state index contributed by atoms with van der Waals surface area (Å²) in [6, 6.07) is 1.16. The number of aliphatic hydroxyl groups is 1. The van der Waals surface area contributed by atoms with E-state index in [1.807, 2.05) is 19.9 Å². The average molecular weight is 393 g/mol. The zero-order valence-electron chi connectivity index (χ0n) is 17.1. The second kappa shape index (κ2) is 11.8. The van der Waals surface area contributed by atoms with Crippen LogP contribution in [0.25, 0.3) is 0 Å². The van der Waals surface area contributed by atoms with Crippen LogP contribution in [0.3, 0.4) is 0 Å². The van der Waals surface area contributed by atoms with Crippen LogP contribution in [0.4, 0.5) is 0 Å². The number of rotatable bonds is 13. The molecule has 0 aliphatic rings. The molecular formula is C17H40O4Si3. The van der Waals surface area contributed by atoms with Crippen molar-refractivity contribution in [1.29, 1.82) is 0 Å². The highest BCUT2D eigenvalue weighted by molar-refractivity contribution is 6.71. The summed E-state index contributed by atoms with van der Waals surface area (Å²) in [6.07, 6.45) is 3.36. The predicted molar refractivity (Wildman–Crippen MR) is 111 cm³/mol. The third kappa shape index (κ3) is 17.1. The Morgan fingerprint density at radius 2 is 1.58 bits per heavy atom. The molecule has 0 saturated carbocycles. The van der Waals surface area contributed by atoms with Crippen LogP contribution in [0.1, 0.15) is 26.7 Å². The fraction of sp³-hybridized carbons (Fsp3) is 0.882. The highest BCUT2D eigenvalue weighted by atomic mass is 28.4. The minimum atomic E-state index is -1.57. The van der Waals surface area contributed by atoms with Gasteiger partial charge in [-0.05, 0) is 66.0 Å². The van der Waals surface area contributed by atoms with Crippen LogP contribution in [0, 0.1) is 0 Å². The molecule has 7 heteroatoms. The number of aliphatic hydroxyl groups excluding tert-OH is 1. The van der Waals surface area contributed by atoms with E-state index in [0.717, 1.165) is 12.5 Å². The summed E-state index contributed by atoms with van der Waals surface area (Å²) in [4.78, 5) is 0. The SMILES string of the molecule is CC(C)=CCC(O)COCCC[SiH2]C(O[Si](C)(C)C)O[Si](C)(C)C. The van der Waals surface area contributed by atoms with Crippen molar-refractivity contribution in [3.63, 3.8) is 0 Å². The van der Waals surface area contributed by atoms with Gasteiger partial charge in [0, 0.05) is 6.61 Å². The minimum Gasteiger partial charge on any atom is -0.398 e. The Bertz CT molecular complexity index is 342. The maximum absolute atomic E-state index is 9.81. The van der Waals surface area contributed by atoms with Gasteiger partial charge in [0.1, 0.15) is 5.91 Å². The molecule has 0 radical (unpaired) electrons. The summed E-state index contributed by atoms with van der Waals surface area (Å²) in [5.74, 6) is 0.0617. The Hall–Kier alpha value is 0.231. The fourth-order valence-electron chi connectivity index (χ4n) is 2.10. The van der Waals surface area contributed by atoms with Gasteiger partial charge in [0.2, 0.25) is 0 Å². The van der Waals surface area contributed by atoms with Crippen LogP contribution < -0.4 is 0 Å². The first kappa shape index (κ1) is 24.2. The monoisotopic (exact) mass is 392 g/mol. The van der Waals surface area contributed by atoms with Gasteiger partial charge in [-0.1, -0.05) is 17.7 Å². The molecule has 144 valence electrons. The Morgan fingerprint density at radius 1 is 1.04 bits per heavy atom. The summed E-state index contributed by atoms with van der Waals surface area (Å²) < 4.78 is 18.1. The highest BCUT2D eigenvalue weighted by Crippen LogP contribution is 2.14. The maximum atomic E-state index is 9.81. The second-order valence-corrected chi connectivity index (χ2v) is 19.5. The van der Waals surface area contributed by atoms with Gasteiger partial charge in [-0.25, -0.2) is 0 Å². The van der Waals surface area contributed by atoms with Gasteiger partial charge < -0.3 is 18.7 Å². The Kier molecular flexibility index (Phi) is 11.9. The van der Waals surface area contributed by atoms with E-state index in [1.54, 1.807) is 0 Å². The molecule has 0 heterocycles. The molecule has 0 aliphatic heterocycles. The molecule has 4 nitrogen and oxygen atoms in total.